The summed E-state index contributed by atoms with van der Waals surface area (Å²) >= 11 is 11.8. The van der Waals surface area contributed by atoms with Gasteiger partial charge in [0.2, 0.25) is 5.85 Å². The van der Waals surface area contributed by atoms with E-state index in [-0.39, 0.29) is 10.9 Å². The molecule has 0 spiro atoms. The number of carbonyl (C=O) groups excluding carboxylic acids is 1. The van der Waals surface area contributed by atoms with Crippen molar-refractivity contribution in [3.63, 3.8) is 0 Å². The van der Waals surface area contributed by atoms with E-state index in [2.05, 4.69) is 5.32 Å². The van der Waals surface area contributed by atoms with Gasteiger partial charge in [0.05, 0.1) is 10.6 Å². The fourth-order valence-corrected chi connectivity index (χ4v) is 2.78. The van der Waals surface area contributed by atoms with Gasteiger partial charge in [-0.3, -0.25) is 15.0 Å². The summed E-state index contributed by atoms with van der Waals surface area (Å²) in [5.74, 6) is -1.66. The zero-order chi connectivity index (χ0) is 14.4. The van der Waals surface area contributed by atoms with Gasteiger partial charge in [0, 0.05) is 5.02 Å². The van der Waals surface area contributed by atoms with Crippen molar-refractivity contribution in [1.82, 2.24) is 10.2 Å². The Morgan fingerprint density at radius 3 is 2.58 bits per heavy atom. The lowest BCUT2D eigenvalue weighted by Crippen LogP contribution is -2.40. The molecule has 2 N–H and O–H groups in total. The first-order valence-electron chi connectivity index (χ1n) is 6.03. The number of amides is 1. The number of benzene rings is 1. The number of nitrogens with zero attached hydrogens (tertiary/aromatic N) is 1. The van der Waals surface area contributed by atoms with Crippen LogP contribution in [-0.2, 0) is 0 Å². The van der Waals surface area contributed by atoms with Crippen molar-refractivity contribution in [2.45, 2.75) is 32.2 Å². The Kier molecular flexibility index (Phi) is 3.56. The van der Waals surface area contributed by atoms with Gasteiger partial charge in [-0.05, 0) is 38.6 Å². The number of hydrogen-bond donors (Lipinski definition) is 2. The molecule has 1 atom stereocenters. The highest BCUT2D eigenvalue weighted by molar-refractivity contribution is 6.36. The second-order valence-electron chi connectivity index (χ2n) is 5.03. The van der Waals surface area contributed by atoms with E-state index in [9.17, 15) is 9.90 Å². The van der Waals surface area contributed by atoms with Crippen LogP contribution in [0.1, 0.15) is 31.1 Å². The van der Waals surface area contributed by atoms with Crippen LogP contribution in [0, 0.1) is 0 Å². The molecule has 1 fully saturated rings. The molecule has 0 bridgehead atoms. The molecule has 1 aromatic carbocycles. The lowest BCUT2D eigenvalue weighted by molar-refractivity contribution is 0.0409. The molecule has 6 heteroatoms. The van der Waals surface area contributed by atoms with Gasteiger partial charge >= 0.3 is 0 Å². The summed E-state index contributed by atoms with van der Waals surface area (Å²) in [5.41, 5.74) is -0.351. The topological polar surface area (TPSA) is 52.3 Å². The number of rotatable bonds is 3. The summed E-state index contributed by atoms with van der Waals surface area (Å²) < 4.78 is 0. The molecule has 4 nitrogen and oxygen atoms in total. The molecule has 0 aliphatic carbocycles. The van der Waals surface area contributed by atoms with Crippen LogP contribution in [0.25, 0.3) is 0 Å². The van der Waals surface area contributed by atoms with Crippen molar-refractivity contribution in [2.75, 3.05) is 6.54 Å². The Morgan fingerprint density at radius 2 is 2.05 bits per heavy atom. The molecule has 1 aliphatic rings. The molecule has 104 valence electrons. The molecule has 1 amide bonds. The van der Waals surface area contributed by atoms with Crippen LogP contribution in [0.5, 0.6) is 0 Å². The van der Waals surface area contributed by atoms with Crippen molar-refractivity contribution < 1.29 is 9.90 Å². The lowest BCUT2D eigenvalue weighted by atomic mass is 10.1. The molecule has 0 saturated carbocycles. The van der Waals surface area contributed by atoms with Crippen molar-refractivity contribution in [3.05, 3.63) is 33.8 Å². The highest BCUT2D eigenvalue weighted by Crippen LogP contribution is 2.48. The molecular weight excluding hydrogens is 287 g/mol. The largest absolute Gasteiger partial charge is 0.356 e. The number of aliphatic hydroxyl groups is 1. The van der Waals surface area contributed by atoms with Crippen LogP contribution < -0.4 is 5.32 Å². The smallest absolute Gasteiger partial charge is 0.259 e. The Hall–Kier alpha value is -0.810. The highest BCUT2D eigenvalue weighted by atomic mass is 35.5. The molecular formula is C13H16Cl2N2O2. The fourth-order valence-electron chi connectivity index (χ4n) is 2.29. The molecule has 1 saturated heterocycles. The summed E-state index contributed by atoms with van der Waals surface area (Å²) in [7, 11) is 0. The standard InChI is InChI=1S/C13H16Cl2N2O2/c1-4-16-13(19)12(2,3)17(13)11(18)9-6-5-8(14)7-10(9)15/h5-7,16,19H,4H2,1-3H3. The summed E-state index contributed by atoms with van der Waals surface area (Å²) in [6.45, 7) is 6.00. The van der Waals surface area contributed by atoms with E-state index in [1.165, 1.54) is 11.0 Å². The van der Waals surface area contributed by atoms with Crippen LogP contribution in [0.4, 0.5) is 0 Å². The maximum absolute atomic E-state index is 12.4. The number of hydrogen-bond acceptors (Lipinski definition) is 3. The van der Waals surface area contributed by atoms with E-state index in [4.69, 9.17) is 23.2 Å². The zero-order valence-corrected chi connectivity index (χ0v) is 12.5. The average Bonchev–Trinajstić information content (AvgIpc) is 2.71. The van der Waals surface area contributed by atoms with Gasteiger partial charge in [-0.25, -0.2) is 0 Å². The minimum absolute atomic E-state index is 0.277. The first-order valence-corrected chi connectivity index (χ1v) is 6.78. The predicted octanol–water partition coefficient (Wildman–Crippen LogP) is 2.48. The van der Waals surface area contributed by atoms with E-state index in [0.29, 0.717) is 17.1 Å². The third-order valence-electron chi connectivity index (χ3n) is 3.47. The Balaban J connectivity index is 2.31. The SMILES string of the molecule is CCNC1(O)N(C(=O)c2ccc(Cl)cc2Cl)C1(C)C. The van der Waals surface area contributed by atoms with Crippen LogP contribution in [0.3, 0.4) is 0 Å². The van der Waals surface area contributed by atoms with Crippen molar-refractivity contribution in [2.24, 2.45) is 0 Å². The van der Waals surface area contributed by atoms with Crippen molar-refractivity contribution in [3.8, 4) is 0 Å². The number of carbonyl (C=O) groups is 1. The van der Waals surface area contributed by atoms with Gasteiger partial charge in [-0.1, -0.05) is 30.1 Å². The minimum atomic E-state index is -1.33. The molecule has 2 rings (SSSR count). The molecule has 19 heavy (non-hydrogen) atoms. The average molecular weight is 303 g/mol. The summed E-state index contributed by atoms with van der Waals surface area (Å²) in [4.78, 5) is 13.8. The monoisotopic (exact) mass is 302 g/mol. The van der Waals surface area contributed by atoms with E-state index >= 15 is 0 Å². The minimum Gasteiger partial charge on any atom is -0.356 e. The number of likely N-dealkylation sites (N-methyl/N-ethyl adjacent to an activating group) is 1. The zero-order valence-electron chi connectivity index (χ0n) is 11.0. The lowest BCUT2D eigenvalue weighted by Gasteiger charge is -2.12. The second kappa shape index (κ2) is 4.63. The van der Waals surface area contributed by atoms with E-state index in [1.807, 2.05) is 6.92 Å². The number of nitrogens with one attached hydrogen (secondary N) is 1. The number of halogens is 2. The molecule has 0 aromatic heterocycles. The molecule has 1 heterocycles. The van der Waals surface area contributed by atoms with Gasteiger partial charge in [0.15, 0.2) is 0 Å². The third-order valence-corrected chi connectivity index (χ3v) is 4.02. The Labute approximate surface area is 122 Å². The van der Waals surface area contributed by atoms with E-state index < -0.39 is 11.4 Å². The van der Waals surface area contributed by atoms with Gasteiger partial charge in [0.1, 0.15) is 5.54 Å². The second-order valence-corrected chi connectivity index (χ2v) is 5.87. The summed E-state index contributed by atoms with van der Waals surface area (Å²) in [6, 6.07) is 4.68. The van der Waals surface area contributed by atoms with Crippen molar-refractivity contribution >= 4 is 29.1 Å². The Bertz CT molecular complexity index is 533. The van der Waals surface area contributed by atoms with Crippen molar-refractivity contribution in [1.29, 1.82) is 0 Å². The molecule has 1 unspecified atom stereocenters. The highest BCUT2D eigenvalue weighted by Gasteiger charge is 2.71. The maximum Gasteiger partial charge on any atom is 0.259 e. The van der Waals surface area contributed by atoms with Crippen LogP contribution in [0.15, 0.2) is 18.2 Å². The fraction of sp³-hybridized carbons (Fsp3) is 0.462. The summed E-state index contributed by atoms with van der Waals surface area (Å²) in [6.07, 6.45) is 0. The normalized spacial score (nSPS) is 24.4. The Morgan fingerprint density at radius 1 is 1.42 bits per heavy atom. The van der Waals surface area contributed by atoms with Gasteiger partial charge < -0.3 is 5.11 Å². The van der Waals surface area contributed by atoms with Crippen LogP contribution >= 0.6 is 23.2 Å². The van der Waals surface area contributed by atoms with Crippen LogP contribution in [-0.4, -0.2) is 33.8 Å². The van der Waals surface area contributed by atoms with Crippen LogP contribution in [0.2, 0.25) is 10.0 Å². The third kappa shape index (κ3) is 2.13. The summed E-state index contributed by atoms with van der Waals surface area (Å²) in [5, 5.41) is 14.1. The van der Waals surface area contributed by atoms with E-state index in [0.717, 1.165) is 0 Å². The van der Waals surface area contributed by atoms with Gasteiger partial charge in [-0.15, -0.1) is 0 Å². The van der Waals surface area contributed by atoms with E-state index in [1.54, 1.807) is 26.0 Å². The maximum atomic E-state index is 12.4. The van der Waals surface area contributed by atoms with Gasteiger partial charge in [-0.2, -0.15) is 0 Å². The van der Waals surface area contributed by atoms with Gasteiger partial charge in [0.25, 0.3) is 5.91 Å². The quantitative estimate of drug-likeness (QED) is 0.666. The molecule has 1 aromatic rings. The molecule has 0 radical (unpaired) electrons. The molecule has 1 aliphatic heterocycles. The first-order chi connectivity index (χ1) is 8.75. The predicted molar refractivity (Wildman–Crippen MR) is 75.3 cm³/mol. The first kappa shape index (κ1) is 14.6.